The molecule has 0 radical (unpaired) electrons. The van der Waals surface area contributed by atoms with Gasteiger partial charge < -0.3 is 10.1 Å². The van der Waals surface area contributed by atoms with Crippen molar-refractivity contribution in [3.05, 3.63) is 29.3 Å². The largest absolute Gasteiger partial charge is 0.493 e. The molecule has 2 atom stereocenters. The number of ether oxygens (including phenoxy) is 1. The summed E-state index contributed by atoms with van der Waals surface area (Å²) in [6.45, 7) is 10.8. The maximum Gasteiger partial charge on any atom is 0.127 e. The highest BCUT2D eigenvalue weighted by Gasteiger charge is 2.29. The van der Waals surface area contributed by atoms with E-state index in [1.54, 1.807) is 0 Å². The molecule has 0 saturated carbocycles. The van der Waals surface area contributed by atoms with Gasteiger partial charge in [-0.15, -0.1) is 0 Å². The molecule has 2 nitrogen and oxygen atoms in total. The summed E-state index contributed by atoms with van der Waals surface area (Å²) in [7, 11) is 0. The summed E-state index contributed by atoms with van der Waals surface area (Å²) in [5, 5.41) is 3.66. The minimum atomic E-state index is 0.437. The molecule has 0 aromatic heterocycles. The zero-order valence-electron chi connectivity index (χ0n) is 12.0. The zero-order chi connectivity index (χ0) is 13.1. The van der Waals surface area contributed by atoms with Crippen molar-refractivity contribution in [3.63, 3.8) is 0 Å². The van der Waals surface area contributed by atoms with Gasteiger partial charge in [0.05, 0.1) is 6.61 Å². The van der Waals surface area contributed by atoms with E-state index < -0.39 is 0 Å². The van der Waals surface area contributed by atoms with Crippen LogP contribution in [0.1, 0.15) is 57.2 Å². The summed E-state index contributed by atoms with van der Waals surface area (Å²) in [6.07, 6.45) is 1.17. The number of hydrogen-bond acceptors (Lipinski definition) is 2. The summed E-state index contributed by atoms with van der Waals surface area (Å²) < 4.78 is 6.00. The Morgan fingerprint density at radius 1 is 1.39 bits per heavy atom. The van der Waals surface area contributed by atoms with E-state index in [-0.39, 0.29) is 0 Å². The van der Waals surface area contributed by atoms with Crippen LogP contribution in [0.15, 0.2) is 18.2 Å². The molecular formula is C16H25NO. The Morgan fingerprint density at radius 2 is 2.17 bits per heavy atom. The molecule has 1 aliphatic rings. The smallest absolute Gasteiger partial charge is 0.127 e. The third-order valence-corrected chi connectivity index (χ3v) is 3.71. The molecule has 0 bridgehead atoms. The minimum Gasteiger partial charge on any atom is -0.493 e. The van der Waals surface area contributed by atoms with Gasteiger partial charge in [-0.3, -0.25) is 0 Å². The molecule has 1 N–H and O–H groups in total. The lowest BCUT2D eigenvalue weighted by Gasteiger charge is -2.34. The Hall–Kier alpha value is -1.02. The van der Waals surface area contributed by atoms with Crippen molar-refractivity contribution in [1.82, 2.24) is 5.32 Å². The summed E-state index contributed by atoms with van der Waals surface area (Å²) in [5.74, 6) is 2.17. The summed E-state index contributed by atoms with van der Waals surface area (Å²) in [5.41, 5.74) is 2.68. The Morgan fingerprint density at radius 3 is 2.83 bits per heavy atom. The monoisotopic (exact) mass is 247 g/mol. The highest BCUT2D eigenvalue weighted by molar-refractivity contribution is 5.46. The number of para-hydroxylation sites is 1. The number of hydrogen-bond donors (Lipinski definition) is 1. The third kappa shape index (κ3) is 2.54. The van der Waals surface area contributed by atoms with Crippen molar-refractivity contribution in [1.29, 1.82) is 0 Å². The molecule has 1 aromatic carbocycles. The fourth-order valence-electron chi connectivity index (χ4n) is 2.67. The van der Waals surface area contributed by atoms with Crippen LogP contribution < -0.4 is 10.1 Å². The predicted octanol–water partition coefficient (Wildman–Crippen LogP) is 3.88. The maximum absolute atomic E-state index is 6.00. The van der Waals surface area contributed by atoms with Crippen LogP contribution in [0, 0.1) is 5.92 Å². The molecule has 2 rings (SSSR count). The number of benzene rings is 1. The van der Waals surface area contributed by atoms with Crippen LogP contribution in [0.2, 0.25) is 0 Å². The summed E-state index contributed by atoms with van der Waals surface area (Å²) >= 11 is 0. The zero-order valence-corrected chi connectivity index (χ0v) is 12.0. The van der Waals surface area contributed by atoms with Crippen LogP contribution in [-0.4, -0.2) is 13.2 Å². The minimum absolute atomic E-state index is 0.437. The normalized spacial score (nSPS) is 22.7. The number of nitrogens with one attached hydrogen (secondary N) is 1. The lowest BCUT2D eigenvalue weighted by molar-refractivity contribution is 0.186. The lowest BCUT2D eigenvalue weighted by atomic mass is 9.88. The second-order valence-electron chi connectivity index (χ2n) is 5.64. The average molecular weight is 247 g/mol. The standard InChI is InChI=1S/C16H25NO/c1-5-9-17-15-12(4)10-18-16-13(11(2)3)7-6-8-14(15)16/h6-8,11-12,15,17H,5,9-10H2,1-4H3. The van der Waals surface area contributed by atoms with Gasteiger partial charge in [0.1, 0.15) is 5.75 Å². The van der Waals surface area contributed by atoms with Crippen LogP contribution in [-0.2, 0) is 0 Å². The first-order chi connectivity index (χ1) is 8.65. The molecular weight excluding hydrogens is 222 g/mol. The molecule has 2 unspecified atom stereocenters. The van der Waals surface area contributed by atoms with Crippen LogP contribution in [0.5, 0.6) is 5.75 Å². The Balaban J connectivity index is 2.34. The fraction of sp³-hybridized carbons (Fsp3) is 0.625. The van der Waals surface area contributed by atoms with Crippen LogP contribution in [0.25, 0.3) is 0 Å². The molecule has 0 fully saturated rings. The molecule has 0 amide bonds. The Labute approximate surface area is 111 Å². The number of fused-ring (bicyclic) bond motifs is 1. The first-order valence-corrected chi connectivity index (χ1v) is 7.14. The van der Waals surface area contributed by atoms with Crippen molar-refractivity contribution >= 4 is 0 Å². The van der Waals surface area contributed by atoms with E-state index in [1.807, 2.05) is 0 Å². The fourth-order valence-corrected chi connectivity index (χ4v) is 2.67. The van der Waals surface area contributed by atoms with E-state index in [4.69, 9.17) is 4.74 Å². The topological polar surface area (TPSA) is 21.3 Å². The van der Waals surface area contributed by atoms with Gasteiger partial charge in [-0.05, 0) is 24.4 Å². The van der Waals surface area contributed by atoms with Crippen molar-refractivity contribution in [2.45, 2.75) is 46.1 Å². The first kappa shape index (κ1) is 13.4. The van der Waals surface area contributed by atoms with Crippen molar-refractivity contribution in [3.8, 4) is 5.75 Å². The van der Waals surface area contributed by atoms with Gasteiger partial charge in [0.2, 0.25) is 0 Å². The second kappa shape index (κ2) is 5.75. The van der Waals surface area contributed by atoms with Crippen molar-refractivity contribution in [2.24, 2.45) is 5.92 Å². The summed E-state index contributed by atoms with van der Waals surface area (Å²) in [6, 6.07) is 7.00. The molecule has 1 heterocycles. The van der Waals surface area contributed by atoms with Crippen molar-refractivity contribution < 1.29 is 4.74 Å². The molecule has 18 heavy (non-hydrogen) atoms. The molecule has 100 valence electrons. The molecule has 0 aliphatic carbocycles. The molecule has 1 aliphatic heterocycles. The Bertz CT molecular complexity index is 400. The van der Waals surface area contributed by atoms with E-state index in [0.717, 1.165) is 18.9 Å². The first-order valence-electron chi connectivity index (χ1n) is 7.14. The molecule has 0 saturated heterocycles. The number of rotatable bonds is 4. The van der Waals surface area contributed by atoms with E-state index in [9.17, 15) is 0 Å². The van der Waals surface area contributed by atoms with Gasteiger partial charge in [-0.2, -0.15) is 0 Å². The third-order valence-electron chi connectivity index (χ3n) is 3.71. The van der Waals surface area contributed by atoms with Gasteiger partial charge in [-0.1, -0.05) is 45.9 Å². The molecule has 0 spiro atoms. The van der Waals surface area contributed by atoms with E-state index >= 15 is 0 Å². The lowest BCUT2D eigenvalue weighted by Crippen LogP contribution is -2.34. The Kier molecular flexibility index (Phi) is 4.28. The highest BCUT2D eigenvalue weighted by atomic mass is 16.5. The van der Waals surface area contributed by atoms with Crippen molar-refractivity contribution in [2.75, 3.05) is 13.2 Å². The van der Waals surface area contributed by atoms with Crippen LogP contribution in [0.4, 0.5) is 0 Å². The predicted molar refractivity (Wildman–Crippen MR) is 76.2 cm³/mol. The van der Waals surface area contributed by atoms with E-state index in [0.29, 0.717) is 17.9 Å². The summed E-state index contributed by atoms with van der Waals surface area (Å²) in [4.78, 5) is 0. The van der Waals surface area contributed by atoms with Gasteiger partial charge in [0, 0.05) is 17.5 Å². The van der Waals surface area contributed by atoms with Gasteiger partial charge >= 0.3 is 0 Å². The molecule has 1 aromatic rings. The molecule has 2 heteroatoms. The van der Waals surface area contributed by atoms with Gasteiger partial charge in [-0.25, -0.2) is 0 Å². The maximum atomic E-state index is 6.00. The highest BCUT2D eigenvalue weighted by Crippen LogP contribution is 2.40. The second-order valence-corrected chi connectivity index (χ2v) is 5.64. The quantitative estimate of drug-likeness (QED) is 0.872. The van der Waals surface area contributed by atoms with Crippen LogP contribution in [0.3, 0.4) is 0 Å². The van der Waals surface area contributed by atoms with E-state index in [2.05, 4.69) is 51.2 Å². The van der Waals surface area contributed by atoms with Crippen LogP contribution >= 0.6 is 0 Å². The van der Waals surface area contributed by atoms with Gasteiger partial charge in [0.15, 0.2) is 0 Å². The average Bonchev–Trinajstić information content (AvgIpc) is 2.36. The SMILES string of the molecule is CCCNC1c2cccc(C(C)C)c2OCC1C. The van der Waals surface area contributed by atoms with E-state index in [1.165, 1.54) is 17.5 Å². The van der Waals surface area contributed by atoms with Gasteiger partial charge in [0.25, 0.3) is 0 Å².